The molecular weight excluding hydrogens is 424 g/mol. The average Bonchev–Trinajstić information content (AvgIpc) is 3.25. The molecule has 1 aliphatic rings. The first kappa shape index (κ1) is 20.4. The zero-order valence-electron chi connectivity index (χ0n) is 18.2. The maximum atomic E-state index is 13.0. The van der Waals surface area contributed by atoms with Crippen LogP contribution < -0.4 is 11.1 Å². The monoisotopic (exact) mass is 450 g/mol. The van der Waals surface area contributed by atoms with Gasteiger partial charge in [-0.2, -0.15) is 0 Å². The molecule has 0 spiro atoms. The summed E-state index contributed by atoms with van der Waals surface area (Å²) in [4.78, 5) is 23.8. The summed E-state index contributed by atoms with van der Waals surface area (Å²) < 4.78 is 1.06. The first-order chi connectivity index (χ1) is 14.7. The lowest BCUT2D eigenvalue weighted by Gasteiger charge is -2.34. The molecule has 31 heavy (non-hydrogen) atoms. The predicted octanol–water partition coefficient (Wildman–Crippen LogP) is 6.20. The van der Waals surface area contributed by atoms with Crippen molar-refractivity contribution in [3.05, 3.63) is 46.0 Å². The first-order valence-electron chi connectivity index (χ1n) is 10.6. The number of pyridine rings is 1. The normalized spacial score (nSPS) is 16.6. The van der Waals surface area contributed by atoms with E-state index in [1.807, 2.05) is 19.1 Å². The zero-order chi connectivity index (χ0) is 21.9. The number of hydrogen-bond acceptors (Lipinski definition) is 6. The van der Waals surface area contributed by atoms with Gasteiger partial charge in [-0.3, -0.25) is 10.1 Å². The summed E-state index contributed by atoms with van der Waals surface area (Å²) in [5, 5.41) is 4.41. The van der Waals surface area contributed by atoms with Crippen LogP contribution >= 0.6 is 22.7 Å². The fraction of sp³-hybridized carbons (Fsp3) is 0.375. The highest BCUT2D eigenvalue weighted by molar-refractivity contribution is 7.23. The van der Waals surface area contributed by atoms with Crippen LogP contribution in [0, 0.1) is 18.3 Å². The lowest BCUT2D eigenvalue weighted by molar-refractivity contribution is 0.103. The number of aromatic nitrogens is 2. The zero-order valence-corrected chi connectivity index (χ0v) is 19.8. The second kappa shape index (κ2) is 7.28. The number of amides is 1. The number of benzene rings is 1. The SMILES string of the molecule is Cc1ccc2nc(NC(=O)c3sc4nc5c(cc4c3N)CC(C(C)(C)C)CC5)sc2c1. The molecule has 3 heterocycles. The standard InChI is InChI=1S/C24H26N4OS2/c1-12-5-7-17-18(9-12)30-23(27-17)28-21(29)20-19(25)15-11-13-10-14(24(2,3)4)6-8-16(13)26-22(15)31-20/h5,7,9,11,14H,6,8,10,25H2,1-4H3,(H,27,28,29). The van der Waals surface area contributed by atoms with Gasteiger partial charge in [0.05, 0.1) is 15.9 Å². The third-order valence-electron chi connectivity index (χ3n) is 6.28. The Labute approximate surface area is 189 Å². The third kappa shape index (κ3) is 3.70. The Hall–Kier alpha value is -2.51. The van der Waals surface area contributed by atoms with Crippen LogP contribution in [0.3, 0.4) is 0 Å². The molecule has 7 heteroatoms. The van der Waals surface area contributed by atoms with Crippen molar-refractivity contribution >= 4 is 59.8 Å². The number of rotatable bonds is 2. The van der Waals surface area contributed by atoms with Crippen molar-refractivity contribution in [3.63, 3.8) is 0 Å². The molecule has 4 aromatic rings. The number of nitrogens with one attached hydrogen (secondary N) is 1. The Morgan fingerprint density at radius 1 is 1.19 bits per heavy atom. The van der Waals surface area contributed by atoms with Gasteiger partial charge in [-0.1, -0.05) is 38.2 Å². The Morgan fingerprint density at radius 3 is 2.77 bits per heavy atom. The first-order valence-corrected chi connectivity index (χ1v) is 12.2. The highest BCUT2D eigenvalue weighted by Crippen LogP contribution is 2.40. The molecule has 0 fully saturated rings. The number of thiophene rings is 1. The lowest BCUT2D eigenvalue weighted by Crippen LogP contribution is -2.27. The summed E-state index contributed by atoms with van der Waals surface area (Å²) in [6.45, 7) is 8.96. The molecule has 0 saturated heterocycles. The molecule has 3 N–H and O–H groups in total. The summed E-state index contributed by atoms with van der Waals surface area (Å²) in [5.74, 6) is 0.409. The number of carbonyl (C=O) groups is 1. The second-order valence-corrected chi connectivity index (χ2v) is 11.6. The van der Waals surface area contributed by atoms with Crippen molar-refractivity contribution in [2.75, 3.05) is 11.1 Å². The van der Waals surface area contributed by atoms with E-state index in [2.05, 4.69) is 43.2 Å². The second-order valence-electron chi connectivity index (χ2n) is 9.54. The number of hydrogen-bond donors (Lipinski definition) is 2. The molecule has 5 rings (SSSR count). The number of anilines is 2. The largest absolute Gasteiger partial charge is 0.397 e. The minimum Gasteiger partial charge on any atom is -0.397 e. The van der Waals surface area contributed by atoms with Gasteiger partial charge >= 0.3 is 0 Å². The number of nitrogens with zero attached hydrogens (tertiary/aromatic N) is 2. The van der Waals surface area contributed by atoms with Crippen molar-refractivity contribution < 1.29 is 4.79 Å². The van der Waals surface area contributed by atoms with Crippen LogP contribution in [-0.2, 0) is 12.8 Å². The van der Waals surface area contributed by atoms with E-state index in [0.717, 1.165) is 45.4 Å². The van der Waals surface area contributed by atoms with E-state index in [1.54, 1.807) is 0 Å². The number of nitrogen functional groups attached to an aromatic ring is 1. The van der Waals surface area contributed by atoms with Crippen molar-refractivity contribution in [1.29, 1.82) is 0 Å². The highest BCUT2D eigenvalue weighted by Gasteiger charge is 2.30. The van der Waals surface area contributed by atoms with E-state index in [4.69, 9.17) is 10.7 Å². The van der Waals surface area contributed by atoms with Gasteiger partial charge in [-0.05, 0) is 66.8 Å². The van der Waals surface area contributed by atoms with E-state index >= 15 is 0 Å². The summed E-state index contributed by atoms with van der Waals surface area (Å²) in [6, 6.07) is 8.24. The molecule has 160 valence electrons. The fourth-order valence-electron chi connectivity index (χ4n) is 4.34. The molecule has 1 amide bonds. The van der Waals surface area contributed by atoms with Crippen LogP contribution in [-0.4, -0.2) is 15.9 Å². The Bertz CT molecular complexity index is 1330. The number of nitrogens with two attached hydrogens (primary N) is 1. The molecule has 1 aromatic carbocycles. The molecule has 1 aliphatic carbocycles. The van der Waals surface area contributed by atoms with Gasteiger partial charge in [0.15, 0.2) is 5.13 Å². The van der Waals surface area contributed by atoms with Crippen LogP contribution in [0.15, 0.2) is 24.3 Å². The van der Waals surface area contributed by atoms with E-state index in [1.165, 1.54) is 33.8 Å². The average molecular weight is 451 g/mol. The van der Waals surface area contributed by atoms with E-state index in [0.29, 0.717) is 21.6 Å². The smallest absolute Gasteiger partial charge is 0.269 e. The Balaban J connectivity index is 1.46. The maximum Gasteiger partial charge on any atom is 0.269 e. The third-order valence-corrected chi connectivity index (χ3v) is 8.33. The highest BCUT2D eigenvalue weighted by atomic mass is 32.1. The topological polar surface area (TPSA) is 80.9 Å². The number of aryl methyl sites for hydroxylation is 2. The molecule has 0 saturated carbocycles. The summed E-state index contributed by atoms with van der Waals surface area (Å²) in [6.07, 6.45) is 3.15. The van der Waals surface area contributed by atoms with Crippen LogP contribution in [0.2, 0.25) is 0 Å². The van der Waals surface area contributed by atoms with Crippen LogP contribution in [0.4, 0.5) is 10.8 Å². The molecule has 0 radical (unpaired) electrons. The molecule has 5 nitrogen and oxygen atoms in total. The van der Waals surface area contributed by atoms with Gasteiger partial charge < -0.3 is 5.73 Å². The molecule has 0 bridgehead atoms. The van der Waals surface area contributed by atoms with Gasteiger partial charge in [0.1, 0.15) is 9.71 Å². The van der Waals surface area contributed by atoms with Crippen molar-refractivity contribution in [1.82, 2.24) is 9.97 Å². The molecule has 1 unspecified atom stereocenters. The van der Waals surface area contributed by atoms with Crippen molar-refractivity contribution in [2.45, 2.75) is 47.0 Å². The Morgan fingerprint density at radius 2 is 2.00 bits per heavy atom. The number of thiazole rings is 1. The summed E-state index contributed by atoms with van der Waals surface area (Å²) in [5.41, 5.74) is 11.7. The van der Waals surface area contributed by atoms with Crippen molar-refractivity contribution in [3.8, 4) is 0 Å². The van der Waals surface area contributed by atoms with E-state index in [9.17, 15) is 4.79 Å². The minimum atomic E-state index is -0.221. The number of fused-ring (bicyclic) bond motifs is 3. The summed E-state index contributed by atoms with van der Waals surface area (Å²) in [7, 11) is 0. The molecular formula is C24H26N4OS2. The number of carbonyl (C=O) groups excluding carboxylic acids is 1. The molecule has 1 atom stereocenters. The van der Waals surface area contributed by atoms with Crippen LogP contribution in [0.1, 0.15) is 53.7 Å². The predicted molar refractivity (Wildman–Crippen MR) is 131 cm³/mol. The van der Waals surface area contributed by atoms with Gasteiger partial charge in [-0.25, -0.2) is 9.97 Å². The van der Waals surface area contributed by atoms with Crippen molar-refractivity contribution in [2.24, 2.45) is 11.3 Å². The molecule has 0 aliphatic heterocycles. The van der Waals surface area contributed by atoms with E-state index < -0.39 is 0 Å². The quantitative estimate of drug-likeness (QED) is 0.381. The van der Waals surface area contributed by atoms with Gasteiger partial charge in [0, 0.05) is 11.1 Å². The van der Waals surface area contributed by atoms with Gasteiger partial charge in [0.2, 0.25) is 0 Å². The maximum absolute atomic E-state index is 13.0. The summed E-state index contributed by atoms with van der Waals surface area (Å²) >= 11 is 2.84. The minimum absolute atomic E-state index is 0.221. The van der Waals surface area contributed by atoms with Crippen LogP contribution in [0.25, 0.3) is 20.4 Å². The van der Waals surface area contributed by atoms with Crippen LogP contribution in [0.5, 0.6) is 0 Å². The van der Waals surface area contributed by atoms with E-state index in [-0.39, 0.29) is 11.3 Å². The van der Waals surface area contributed by atoms with Gasteiger partial charge in [0.25, 0.3) is 5.91 Å². The van der Waals surface area contributed by atoms with Gasteiger partial charge in [-0.15, -0.1) is 11.3 Å². The lowest BCUT2D eigenvalue weighted by atomic mass is 9.71. The molecule has 3 aromatic heterocycles. The fourth-order valence-corrected chi connectivity index (χ4v) is 6.29. The Kier molecular flexibility index (Phi) is 4.79.